The fourth-order valence-corrected chi connectivity index (χ4v) is 4.35. The Morgan fingerprint density at radius 2 is 2.14 bits per heavy atom. The number of halogens is 1. The number of hydrogen-bond acceptors (Lipinski definition) is 6. The Morgan fingerprint density at radius 3 is 2.81 bits per heavy atom. The van der Waals surface area contributed by atoms with Gasteiger partial charge in [0.05, 0.1) is 11.2 Å². The van der Waals surface area contributed by atoms with E-state index in [1.807, 2.05) is 5.51 Å². The van der Waals surface area contributed by atoms with Crippen LogP contribution in [0.15, 0.2) is 10.7 Å². The van der Waals surface area contributed by atoms with E-state index < -0.39 is 0 Å². The van der Waals surface area contributed by atoms with Crippen molar-refractivity contribution < 1.29 is 0 Å². The second-order valence-corrected chi connectivity index (χ2v) is 6.96. The minimum atomic E-state index is 0. The van der Waals surface area contributed by atoms with E-state index in [1.54, 1.807) is 23.1 Å². The van der Waals surface area contributed by atoms with E-state index in [9.17, 15) is 0 Å². The molecule has 1 fully saturated rings. The summed E-state index contributed by atoms with van der Waals surface area (Å²) in [6, 6.07) is 0. The van der Waals surface area contributed by atoms with Crippen molar-refractivity contribution in [1.82, 2.24) is 25.1 Å². The van der Waals surface area contributed by atoms with Crippen molar-refractivity contribution in [2.75, 3.05) is 13.1 Å². The summed E-state index contributed by atoms with van der Waals surface area (Å²) in [7, 11) is 2.08. The Bertz CT molecular complexity index is 577. The molecule has 0 aliphatic carbocycles. The fraction of sp³-hybridized carbons (Fsp3) is 0.615. The van der Waals surface area contributed by atoms with E-state index in [2.05, 4.69) is 39.0 Å². The van der Waals surface area contributed by atoms with Gasteiger partial charge in [-0.2, -0.15) is 0 Å². The summed E-state index contributed by atoms with van der Waals surface area (Å²) in [5.74, 6) is 2.61. The fourth-order valence-electron chi connectivity index (χ4n) is 2.48. The van der Waals surface area contributed by atoms with Gasteiger partial charge < -0.3 is 9.88 Å². The van der Waals surface area contributed by atoms with Gasteiger partial charge in [-0.3, -0.25) is 0 Å². The topological polar surface area (TPSA) is 55.6 Å². The highest BCUT2D eigenvalue weighted by Crippen LogP contribution is 2.29. The Labute approximate surface area is 139 Å². The molecule has 1 aliphatic rings. The van der Waals surface area contributed by atoms with Gasteiger partial charge in [0.15, 0.2) is 5.16 Å². The molecule has 0 amide bonds. The zero-order valence-corrected chi connectivity index (χ0v) is 14.7. The Kier molecular flexibility index (Phi) is 6.04. The molecule has 0 saturated carbocycles. The van der Waals surface area contributed by atoms with Crippen molar-refractivity contribution in [1.29, 1.82) is 0 Å². The first kappa shape index (κ1) is 16.7. The highest BCUT2D eigenvalue weighted by Gasteiger charge is 2.21. The number of hydrogen-bond donors (Lipinski definition) is 1. The summed E-state index contributed by atoms with van der Waals surface area (Å²) in [5.41, 5.74) is 3.03. The molecule has 1 saturated heterocycles. The van der Waals surface area contributed by atoms with Gasteiger partial charge in [-0.25, -0.2) is 4.98 Å². The SMILES string of the molecule is Cc1ncsc1CSc1nnc(C2CCNCC2)n1C.Cl. The van der Waals surface area contributed by atoms with Gasteiger partial charge in [0.2, 0.25) is 0 Å². The van der Waals surface area contributed by atoms with Crippen LogP contribution in [0.1, 0.15) is 35.2 Å². The Morgan fingerprint density at radius 1 is 1.38 bits per heavy atom. The first-order valence-corrected chi connectivity index (χ1v) is 8.74. The van der Waals surface area contributed by atoms with Crippen molar-refractivity contribution in [3.8, 4) is 0 Å². The first-order valence-electron chi connectivity index (χ1n) is 6.87. The third-order valence-electron chi connectivity index (χ3n) is 3.75. The van der Waals surface area contributed by atoms with Crippen molar-refractivity contribution in [3.63, 3.8) is 0 Å². The van der Waals surface area contributed by atoms with E-state index >= 15 is 0 Å². The van der Waals surface area contributed by atoms with Crippen LogP contribution >= 0.6 is 35.5 Å². The maximum Gasteiger partial charge on any atom is 0.191 e. The lowest BCUT2D eigenvalue weighted by molar-refractivity contribution is 0.434. The average Bonchev–Trinajstić information content (AvgIpc) is 3.04. The summed E-state index contributed by atoms with van der Waals surface area (Å²) in [4.78, 5) is 5.61. The number of aromatic nitrogens is 4. The zero-order chi connectivity index (χ0) is 13.9. The maximum absolute atomic E-state index is 4.41. The smallest absolute Gasteiger partial charge is 0.191 e. The molecule has 0 spiro atoms. The van der Waals surface area contributed by atoms with Gasteiger partial charge in [-0.05, 0) is 32.9 Å². The quantitative estimate of drug-likeness (QED) is 0.863. The van der Waals surface area contributed by atoms with Crippen LogP contribution in [0.3, 0.4) is 0 Å². The molecule has 0 bridgehead atoms. The van der Waals surface area contributed by atoms with Crippen LogP contribution in [-0.4, -0.2) is 32.8 Å². The van der Waals surface area contributed by atoms with E-state index in [0.717, 1.165) is 48.4 Å². The summed E-state index contributed by atoms with van der Waals surface area (Å²) >= 11 is 3.46. The minimum Gasteiger partial charge on any atom is -0.317 e. The van der Waals surface area contributed by atoms with Gasteiger partial charge >= 0.3 is 0 Å². The number of aryl methyl sites for hydroxylation is 1. The monoisotopic (exact) mass is 345 g/mol. The molecule has 0 radical (unpaired) electrons. The summed E-state index contributed by atoms with van der Waals surface area (Å²) in [6.07, 6.45) is 2.31. The van der Waals surface area contributed by atoms with Crippen LogP contribution in [0.5, 0.6) is 0 Å². The number of thiazole rings is 1. The normalized spacial score (nSPS) is 15.9. The number of piperidine rings is 1. The molecule has 0 atom stereocenters. The largest absolute Gasteiger partial charge is 0.317 e. The molecular weight excluding hydrogens is 326 g/mol. The molecule has 1 N–H and O–H groups in total. The van der Waals surface area contributed by atoms with Gasteiger partial charge in [0.25, 0.3) is 0 Å². The van der Waals surface area contributed by atoms with E-state index in [-0.39, 0.29) is 12.4 Å². The van der Waals surface area contributed by atoms with E-state index in [1.165, 1.54) is 4.88 Å². The highest BCUT2D eigenvalue weighted by atomic mass is 35.5. The molecule has 116 valence electrons. The van der Waals surface area contributed by atoms with Crippen LogP contribution in [0.25, 0.3) is 0 Å². The van der Waals surface area contributed by atoms with Crippen LogP contribution in [-0.2, 0) is 12.8 Å². The summed E-state index contributed by atoms with van der Waals surface area (Å²) in [6.45, 7) is 4.23. The second-order valence-electron chi connectivity index (χ2n) is 5.07. The molecule has 1 aliphatic heterocycles. The number of nitrogens with zero attached hydrogens (tertiary/aromatic N) is 4. The molecule has 3 rings (SSSR count). The molecule has 5 nitrogen and oxygen atoms in total. The predicted octanol–water partition coefficient (Wildman–Crippen LogP) is 2.76. The van der Waals surface area contributed by atoms with Crippen LogP contribution in [0.4, 0.5) is 0 Å². The van der Waals surface area contributed by atoms with Gasteiger partial charge in [-0.15, -0.1) is 33.9 Å². The van der Waals surface area contributed by atoms with Crippen molar-refractivity contribution in [2.24, 2.45) is 7.05 Å². The van der Waals surface area contributed by atoms with Crippen LogP contribution in [0.2, 0.25) is 0 Å². The maximum atomic E-state index is 4.41. The first-order chi connectivity index (χ1) is 9.75. The summed E-state index contributed by atoms with van der Waals surface area (Å²) < 4.78 is 2.16. The number of thioether (sulfide) groups is 1. The lowest BCUT2D eigenvalue weighted by atomic mass is 9.97. The molecule has 0 unspecified atom stereocenters. The van der Waals surface area contributed by atoms with Gasteiger partial charge in [0.1, 0.15) is 5.82 Å². The van der Waals surface area contributed by atoms with Crippen LogP contribution in [0, 0.1) is 6.92 Å². The number of rotatable bonds is 4. The average molecular weight is 346 g/mol. The molecule has 2 aromatic heterocycles. The second kappa shape index (κ2) is 7.58. The highest BCUT2D eigenvalue weighted by molar-refractivity contribution is 7.98. The Balaban J connectivity index is 0.00000161. The molecule has 0 aromatic carbocycles. The van der Waals surface area contributed by atoms with Crippen LogP contribution < -0.4 is 5.32 Å². The molecule has 8 heteroatoms. The third kappa shape index (κ3) is 3.77. The zero-order valence-electron chi connectivity index (χ0n) is 12.2. The van der Waals surface area contributed by atoms with Gasteiger partial charge in [-0.1, -0.05) is 11.8 Å². The van der Waals surface area contributed by atoms with E-state index in [0.29, 0.717) is 5.92 Å². The van der Waals surface area contributed by atoms with Crippen molar-refractivity contribution in [3.05, 3.63) is 21.9 Å². The molecular formula is C13H20ClN5S2. The minimum absolute atomic E-state index is 0. The lowest BCUT2D eigenvalue weighted by Crippen LogP contribution is -2.27. The predicted molar refractivity (Wildman–Crippen MR) is 89.5 cm³/mol. The van der Waals surface area contributed by atoms with E-state index in [4.69, 9.17) is 0 Å². The Hall–Kier alpha value is -0.630. The van der Waals surface area contributed by atoms with Crippen molar-refractivity contribution >= 4 is 35.5 Å². The van der Waals surface area contributed by atoms with Gasteiger partial charge in [0, 0.05) is 23.6 Å². The standard InChI is InChI=1S/C13H19N5S2.ClH/c1-9-11(20-8-15-9)7-19-13-17-16-12(18(13)2)10-3-5-14-6-4-10;/h8,10,14H,3-7H2,1-2H3;1H. The molecule has 21 heavy (non-hydrogen) atoms. The number of nitrogens with one attached hydrogen (secondary N) is 1. The van der Waals surface area contributed by atoms with Crippen molar-refractivity contribution in [2.45, 2.75) is 36.6 Å². The third-order valence-corrected chi connectivity index (χ3v) is 5.91. The summed E-state index contributed by atoms with van der Waals surface area (Å²) in [5, 5.41) is 13.2. The molecule has 3 heterocycles. The lowest BCUT2D eigenvalue weighted by Gasteiger charge is -2.21. The molecule has 2 aromatic rings.